The molecule has 0 heterocycles. The van der Waals surface area contributed by atoms with E-state index in [0.29, 0.717) is 25.3 Å². The molecule has 1 aromatic carbocycles. The lowest BCUT2D eigenvalue weighted by atomic mass is 9.82. The summed E-state index contributed by atoms with van der Waals surface area (Å²) < 4.78 is 18.7. The predicted octanol–water partition coefficient (Wildman–Crippen LogP) is 3.06. The van der Waals surface area contributed by atoms with Gasteiger partial charge in [-0.05, 0) is 56.7 Å². The maximum absolute atomic E-state index is 13.2. The van der Waals surface area contributed by atoms with E-state index in [4.69, 9.17) is 16.3 Å². The van der Waals surface area contributed by atoms with Crippen molar-refractivity contribution in [2.24, 2.45) is 5.92 Å². The molecule has 142 valence electrons. The Bertz CT molecular complexity index is 681. The molecular weight excluding hydrogens is 359 g/mol. The average molecular weight is 383 g/mol. The van der Waals surface area contributed by atoms with Gasteiger partial charge in [-0.25, -0.2) is 4.39 Å². The highest BCUT2D eigenvalue weighted by Crippen LogP contribution is 2.29. The summed E-state index contributed by atoms with van der Waals surface area (Å²) in [6.07, 6.45) is 4.95. The van der Waals surface area contributed by atoms with Crippen molar-refractivity contribution in [1.82, 2.24) is 10.6 Å². The van der Waals surface area contributed by atoms with Gasteiger partial charge in [0, 0.05) is 19.1 Å². The first-order valence-corrected chi connectivity index (χ1v) is 9.45. The van der Waals surface area contributed by atoms with E-state index in [1.54, 1.807) is 7.11 Å². The Kier molecular flexibility index (Phi) is 6.14. The van der Waals surface area contributed by atoms with Crippen LogP contribution in [0.5, 0.6) is 0 Å². The first kappa shape index (κ1) is 19.1. The monoisotopic (exact) mass is 382 g/mol. The first-order chi connectivity index (χ1) is 12.5. The summed E-state index contributed by atoms with van der Waals surface area (Å²) >= 11 is 5.96. The number of methoxy groups -OCH3 is 1. The van der Waals surface area contributed by atoms with E-state index in [1.807, 2.05) is 0 Å². The van der Waals surface area contributed by atoms with Gasteiger partial charge in [-0.3, -0.25) is 9.59 Å². The minimum atomic E-state index is -0.487. The largest absolute Gasteiger partial charge is 0.379 e. The summed E-state index contributed by atoms with van der Waals surface area (Å²) in [4.78, 5) is 24.8. The topological polar surface area (TPSA) is 67.4 Å². The highest BCUT2D eigenvalue weighted by atomic mass is 35.5. The Morgan fingerprint density at radius 3 is 2.58 bits per heavy atom. The van der Waals surface area contributed by atoms with Crippen LogP contribution < -0.4 is 10.6 Å². The molecule has 2 fully saturated rings. The zero-order valence-electron chi connectivity index (χ0n) is 14.8. The van der Waals surface area contributed by atoms with Crippen LogP contribution in [0.2, 0.25) is 5.02 Å². The van der Waals surface area contributed by atoms with Crippen molar-refractivity contribution in [3.63, 3.8) is 0 Å². The van der Waals surface area contributed by atoms with Crippen molar-refractivity contribution < 1.29 is 18.7 Å². The zero-order chi connectivity index (χ0) is 18.7. The molecule has 0 aromatic heterocycles. The van der Waals surface area contributed by atoms with Gasteiger partial charge in [-0.2, -0.15) is 0 Å². The molecule has 0 bridgehead atoms. The number of carbonyl (C=O) groups excluding carboxylic acids is 2. The number of halogens is 2. The molecule has 2 aliphatic rings. The molecule has 3 atom stereocenters. The van der Waals surface area contributed by atoms with Crippen molar-refractivity contribution in [3.8, 4) is 0 Å². The van der Waals surface area contributed by atoms with E-state index in [9.17, 15) is 14.0 Å². The van der Waals surface area contributed by atoms with E-state index >= 15 is 0 Å². The maximum Gasteiger partial charge on any atom is 0.253 e. The molecule has 1 aromatic rings. The quantitative estimate of drug-likeness (QED) is 0.822. The van der Waals surface area contributed by atoms with Crippen LogP contribution in [0.3, 0.4) is 0 Å². The van der Waals surface area contributed by atoms with Crippen LogP contribution in [-0.4, -0.2) is 37.1 Å². The molecule has 2 saturated carbocycles. The lowest BCUT2D eigenvalue weighted by molar-refractivity contribution is -0.129. The van der Waals surface area contributed by atoms with Gasteiger partial charge in [0.15, 0.2) is 0 Å². The summed E-state index contributed by atoms with van der Waals surface area (Å²) in [6.45, 7) is 0. The third kappa shape index (κ3) is 4.35. The number of hydrogen-bond donors (Lipinski definition) is 2. The molecule has 7 heteroatoms. The number of nitrogens with one attached hydrogen (secondary N) is 2. The van der Waals surface area contributed by atoms with Crippen molar-refractivity contribution in [3.05, 3.63) is 34.6 Å². The van der Waals surface area contributed by atoms with Gasteiger partial charge in [-0.15, -0.1) is 0 Å². The summed E-state index contributed by atoms with van der Waals surface area (Å²) in [6, 6.07) is 3.80. The molecule has 26 heavy (non-hydrogen) atoms. The fraction of sp³-hybridized carbons (Fsp3) is 0.579. The molecule has 0 aliphatic heterocycles. The number of carbonyl (C=O) groups is 2. The Hall–Kier alpha value is -1.66. The van der Waals surface area contributed by atoms with Gasteiger partial charge in [0.05, 0.1) is 22.7 Å². The Morgan fingerprint density at radius 1 is 1.19 bits per heavy atom. The smallest absolute Gasteiger partial charge is 0.253 e. The number of hydrogen-bond acceptors (Lipinski definition) is 3. The van der Waals surface area contributed by atoms with Crippen LogP contribution in [0.25, 0.3) is 0 Å². The highest BCUT2D eigenvalue weighted by Gasteiger charge is 2.36. The minimum absolute atomic E-state index is 0.0741. The van der Waals surface area contributed by atoms with E-state index in [0.717, 1.165) is 18.9 Å². The highest BCUT2D eigenvalue weighted by molar-refractivity contribution is 6.33. The molecular formula is C19H24ClFN2O3. The van der Waals surface area contributed by atoms with E-state index in [2.05, 4.69) is 10.6 Å². The van der Waals surface area contributed by atoms with Gasteiger partial charge < -0.3 is 15.4 Å². The Labute approximate surface area is 157 Å². The second kappa shape index (κ2) is 8.35. The van der Waals surface area contributed by atoms with Gasteiger partial charge >= 0.3 is 0 Å². The Balaban J connectivity index is 1.58. The predicted molar refractivity (Wildman–Crippen MR) is 96.6 cm³/mol. The van der Waals surface area contributed by atoms with Crippen LogP contribution in [0, 0.1) is 11.7 Å². The van der Waals surface area contributed by atoms with E-state index in [-0.39, 0.29) is 40.5 Å². The fourth-order valence-corrected chi connectivity index (χ4v) is 3.84. The number of ether oxygens (including phenoxy) is 1. The third-order valence-corrected chi connectivity index (χ3v) is 5.72. The molecule has 0 spiro atoms. The standard InChI is InChI=1S/C19H24ClFN2O3/c1-26-17-9-11(18(24)22-13-3-2-4-13)5-8-16(17)23-19(25)14-7-6-12(21)10-15(14)20/h6-7,10-11,13,16-17H,2-5,8-9H2,1H3,(H,22,24)(H,23,25)/t11-,16+,17+/m0/s1. The molecule has 0 saturated heterocycles. The molecule has 0 radical (unpaired) electrons. The second-order valence-electron chi connectivity index (χ2n) is 7.12. The van der Waals surface area contributed by atoms with Gasteiger partial charge in [0.25, 0.3) is 5.91 Å². The number of rotatable bonds is 5. The lowest BCUT2D eigenvalue weighted by Crippen LogP contribution is -2.51. The first-order valence-electron chi connectivity index (χ1n) is 9.07. The van der Waals surface area contributed by atoms with Crippen molar-refractivity contribution in [2.45, 2.75) is 56.7 Å². The number of amides is 2. The van der Waals surface area contributed by atoms with Crippen LogP contribution in [0.4, 0.5) is 4.39 Å². The molecule has 0 unspecified atom stereocenters. The maximum atomic E-state index is 13.2. The van der Waals surface area contributed by atoms with E-state index < -0.39 is 5.82 Å². The number of benzene rings is 1. The fourth-order valence-electron chi connectivity index (χ4n) is 3.58. The minimum Gasteiger partial charge on any atom is -0.379 e. The zero-order valence-corrected chi connectivity index (χ0v) is 15.5. The normalized spacial score (nSPS) is 26.0. The van der Waals surface area contributed by atoms with Crippen LogP contribution in [-0.2, 0) is 9.53 Å². The van der Waals surface area contributed by atoms with Crippen LogP contribution in [0.15, 0.2) is 18.2 Å². The molecule has 2 amide bonds. The summed E-state index contributed by atoms with van der Waals surface area (Å²) in [7, 11) is 1.58. The summed E-state index contributed by atoms with van der Waals surface area (Å²) in [5, 5.41) is 6.08. The van der Waals surface area contributed by atoms with Gasteiger partial charge in [0.2, 0.25) is 5.91 Å². The third-order valence-electron chi connectivity index (χ3n) is 5.41. The molecule has 3 rings (SSSR count). The Morgan fingerprint density at radius 2 is 1.96 bits per heavy atom. The molecule has 5 nitrogen and oxygen atoms in total. The van der Waals surface area contributed by atoms with Crippen LogP contribution >= 0.6 is 11.6 Å². The lowest BCUT2D eigenvalue weighted by Gasteiger charge is -2.36. The average Bonchev–Trinajstić information content (AvgIpc) is 2.58. The van der Waals surface area contributed by atoms with E-state index in [1.165, 1.54) is 18.6 Å². The van der Waals surface area contributed by atoms with Crippen molar-refractivity contribution in [2.75, 3.05) is 7.11 Å². The molecule has 2 N–H and O–H groups in total. The summed E-state index contributed by atoms with van der Waals surface area (Å²) in [5.74, 6) is -0.857. The SMILES string of the molecule is CO[C@@H]1C[C@@H](C(=O)NC2CCC2)CC[C@H]1NC(=O)c1ccc(F)cc1Cl. The van der Waals surface area contributed by atoms with Gasteiger partial charge in [-0.1, -0.05) is 11.6 Å². The van der Waals surface area contributed by atoms with Gasteiger partial charge in [0.1, 0.15) is 5.82 Å². The molecule has 2 aliphatic carbocycles. The van der Waals surface area contributed by atoms with Crippen molar-refractivity contribution in [1.29, 1.82) is 0 Å². The van der Waals surface area contributed by atoms with Crippen molar-refractivity contribution >= 4 is 23.4 Å². The second-order valence-corrected chi connectivity index (χ2v) is 7.53. The van der Waals surface area contributed by atoms with Crippen LogP contribution in [0.1, 0.15) is 48.9 Å². The summed E-state index contributed by atoms with van der Waals surface area (Å²) in [5.41, 5.74) is 0.229.